The van der Waals surface area contributed by atoms with Crippen LogP contribution in [0.1, 0.15) is 11.1 Å². The summed E-state index contributed by atoms with van der Waals surface area (Å²) < 4.78 is 36.8. The van der Waals surface area contributed by atoms with Gasteiger partial charge in [0.15, 0.2) is 9.84 Å². The monoisotopic (exact) mass is 569 g/mol. The van der Waals surface area contributed by atoms with E-state index >= 15 is 0 Å². The summed E-state index contributed by atoms with van der Waals surface area (Å²) in [6.07, 6.45) is 1.81. The molecule has 192 valence electrons. The number of phenols is 1. The van der Waals surface area contributed by atoms with Crippen LogP contribution in [0.2, 0.25) is 10.0 Å². The number of aryl methyl sites for hydroxylation is 1. The van der Waals surface area contributed by atoms with Crippen LogP contribution in [0.15, 0.2) is 65.6 Å². The van der Waals surface area contributed by atoms with Gasteiger partial charge in [0.25, 0.3) is 0 Å². The maximum absolute atomic E-state index is 13.2. The Morgan fingerprint density at radius 2 is 1.67 bits per heavy atom. The number of nitrogens with one attached hydrogen (secondary N) is 1. The zero-order valence-electron chi connectivity index (χ0n) is 19.6. The number of carboxylic acids is 1. The topological polar surface area (TPSA) is 121 Å². The van der Waals surface area contributed by atoms with E-state index in [1.807, 2.05) is 0 Å². The Balaban J connectivity index is 1.77. The van der Waals surface area contributed by atoms with Crippen LogP contribution in [-0.2, 0) is 32.0 Å². The molecule has 11 heteroatoms. The van der Waals surface area contributed by atoms with Crippen molar-refractivity contribution in [3.8, 4) is 5.75 Å². The number of aromatic hydroxyl groups is 1. The minimum absolute atomic E-state index is 0.00393. The first-order valence-electron chi connectivity index (χ1n) is 10.9. The van der Waals surface area contributed by atoms with Gasteiger partial charge in [-0.2, -0.15) is 0 Å². The summed E-state index contributed by atoms with van der Waals surface area (Å²) in [5.41, 5.74) is 1.49. The Morgan fingerprint density at radius 1 is 1.03 bits per heavy atom. The molecule has 0 fully saturated rings. The lowest BCUT2D eigenvalue weighted by Gasteiger charge is -2.19. The molecule has 2 atom stereocenters. The highest BCUT2D eigenvalue weighted by atomic mass is 35.5. The van der Waals surface area contributed by atoms with Crippen LogP contribution in [0.4, 0.5) is 5.69 Å². The number of sulfone groups is 1. The van der Waals surface area contributed by atoms with Gasteiger partial charge in [-0.1, -0.05) is 47.5 Å². The molecule has 0 bridgehead atoms. The summed E-state index contributed by atoms with van der Waals surface area (Å²) in [6.45, 7) is 1.65. The van der Waals surface area contributed by atoms with Gasteiger partial charge < -0.3 is 20.1 Å². The Morgan fingerprint density at radius 3 is 2.25 bits per heavy atom. The maximum Gasteiger partial charge on any atom is 0.326 e. The summed E-state index contributed by atoms with van der Waals surface area (Å²) in [7, 11) is -6.19. The van der Waals surface area contributed by atoms with Gasteiger partial charge in [0.2, 0.25) is 0 Å². The Bertz CT molecular complexity index is 1420. The van der Waals surface area contributed by atoms with E-state index in [-0.39, 0.29) is 32.8 Å². The van der Waals surface area contributed by atoms with Crippen LogP contribution in [0.3, 0.4) is 0 Å². The summed E-state index contributed by atoms with van der Waals surface area (Å²) in [5.74, 6) is -1.11. The minimum Gasteiger partial charge on any atom is -0.508 e. The fourth-order valence-electron chi connectivity index (χ4n) is 3.68. The highest BCUT2D eigenvalue weighted by molar-refractivity contribution is 7.90. The molecule has 0 aliphatic rings. The molecule has 3 aromatic rings. The number of halogens is 2. The third kappa shape index (κ3) is 7.26. The molecule has 0 saturated carbocycles. The van der Waals surface area contributed by atoms with Crippen LogP contribution in [0.5, 0.6) is 5.75 Å². The summed E-state index contributed by atoms with van der Waals surface area (Å²) in [4.78, 5) is 12.0. The van der Waals surface area contributed by atoms with Gasteiger partial charge in [-0.05, 0) is 60.6 Å². The molecule has 0 spiro atoms. The van der Waals surface area contributed by atoms with Gasteiger partial charge in [0.05, 0.1) is 20.6 Å². The number of phenolic OH excluding ortho intramolecular Hbond substituents is 1. The first kappa shape index (κ1) is 28.1. The summed E-state index contributed by atoms with van der Waals surface area (Å²) in [6, 6.07) is 14.6. The third-order valence-electron chi connectivity index (χ3n) is 5.69. The zero-order valence-corrected chi connectivity index (χ0v) is 22.8. The van der Waals surface area contributed by atoms with Crippen molar-refractivity contribution in [2.24, 2.45) is 0 Å². The molecule has 0 saturated heterocycles. The second kappa shape index (κ2) is 11.3. The lowest BCUT2D eigenvalue weighted by molar-refractivity contribution is -0.137. The second-order valence-electron chi connectivity index (χ2n) is 8.69. The standard InChI is InChI=1S/C25H26Cl2NO6PS/c1-35(32,19-7-4-6-18(29)15-19)10-9-17-12-21(26)24(22(27)13-17)28-23(25(30)31)14-16-5-3-8-20(11-16)36(2,33)34/h3-8,11-13,15,23,28-29H,9-10,14H2,1-2H3,(H,30,31)/t23-,35?/m0/s1. The van der Waals surface area contributed by atoms with E-state index in [4.69, 9.17) is 23.2 Å². The Hall–Kier alpha value is -2.51. The van der Waals surface area contributed by atoms with Crippen molar-refractivity contribution in [1.82, 2.24) is 0 Å². The summed E-state index contributed by atoms with van der Waals surface area (Å²) >= 11 is 12.9. The lowest BCUT2D eigenvalue weighted by atomic mass is 10.1. The highest BCUT2D eigenvalue weighted by Crippen LogP contribution is 2.42. The van der Waals surface area contributed by atoms with Crippen LogP contribution in [0, 0.1) is 0 Å². The van der Waals surface area contributed by atoms with E-state index in [9.17, 15) is 28.0 Å². The van der Waals surface area contributed by atoms with E-state index in [2.05, 4.69) is 5.32 Å². The molecular formula is C25H26Cl2NO6PS. The van der Waals surface area contributed by atoms with Crippen molar-refractivity contribution in [2.75, 3.05) is 24.4 Å². The van der Waals surface area contributed by atoms with Gasteiger partial charge in [0.1, 0.15) is 18.9 Å². The van der Waals surface area contributed by atoms with Crippen molar-refractivity contribution in [3.05, 3.63) is 81.8 Å². The number of carbonyl (C=O) groups is 1. The van der Waals surface area contributed by atoms with Crippen LogP contribution < -0.4 is 10.6 Å². The number of carboxylic acid groups (broad SMARTS) is 1. The molecule has 0 amide bonds. The van der Waals surface area contributed by atoms with Gasteiger partial charge >= 0.3 is 5.97 Å². The first-order valence-corrected chi connectivity index (χ1v) is 15.9. The molecule has 0 aliphatic carbocycles. The average Bonchev–Trinajstić information content (AvgIpc) is 2.79. The number of rotatable bonds is 10. The van der Waals surface area contributed by atoms with Gasteiger partial charge in [-0.15, -0.1) is 0 Å². The fourth-order valence-corrected chi connectivity index (χ4v) is 6.76. The SMILES string of the molecule is CP(=O)(CCc1cc(Cl)c(N[C@@H](Cc2cccc(S(C)(=O)=O)c2)C(=O)O)c(Cl)c1)c1cccc(O)c1. The molecule has 0 aliphatic heterocycles. The molecule has 36 heavy (non-hydrogen) atoms. The Labute approximate surface area is 220 Å². The van der Waals surface area contributed by atoms with E-state index in [0.29, 0.717) is 23.5 Å². The number of anilines is 1. The molecule has 3 aromatic carbocycles. The molecule has 7 nitrogen and oxygen atoms in total. The van der Waals surface area contributed by atoms with Crippen molar-refractivity contribution >= 4 is 57.1 Å². The molecule has 3 N–H and O–H groups in total. The van der Waals surface area contributed by atoms with Crippen molar-refractivity contribution in [3.63, 3.8) is 0 Å². The third-order valence-corrected chi connectivity index (χ3v) is 9.84. The molecule has 0 aromatic heterocycles. The largest absolute Gasteiger partial charge is 0.508 e. The van der Waals surface area contributed by atoms with Crippen molar-refractivity contribution in [2.45, 2.75) is 23.8 Å². The normalized spacial score (nSPS) is 14.1. The predicted octanol–water partition coefficient (Wildman–Crippen LogP) is 5.07. The van der Waals surface area contributed by atoms with Crippen LogP contribution in [0.25, 0.3) is 0 Å². The highest BCUT2D eigenvalue weighted by Gasteiger charge is 2.23. The van der Waals surface area contributed by atoms with E-state index < -0.39 is 29.0 Å². The van der Waals surface area contributed by atoms with Crippen molar-refractivity contribution in [1.29, 1.82) is 0 Å². The van der Waals surface area contributed by atoms with E-state index in [1.54, 1.807) is 43.1 Å². The smallest absolute Gasteiger partial charge is 0.326 e. The molecule has 3 rings (SSSR count). The Kier molecular flexibility index (Phi) is 8.78. The van der Waals surface area contributed by atoms with Crippen LogP contribution in [-0.4, -0.2) is 49.7 Å². The quantitative estimate of drug-likeness (QED) is 0.291. The minimum atomic E-state index is -3.44. The maximum atomic E-state index is 13.2. The van der Waals surface area contributed by atoms with Gasteiger partial charge in [-0.3, -0.25) is 0 Å². The first-order chi connectivity index (χ1) is 16.8. The summed E-state index contributed by atoms with van der Waals surface area (Å²) in [5, 5.41) is 23.3. The molecule has 0 radical (unpaired) electrons. The average molecular weight is 570 g/mol. The van der Waals surface area contributed by atoms with Gasteiger partial charge in [0, 0.05) is 24.1 Å². The van der Waals surface area contributed by atoms with E-state index in [0.717, 1.165) is 11.8 Å². The number of aliphatic carboxylic acids is 1. The number of hydrogen-bond donors (Lipinski definition) is 3. The van der Waals surface area contributed by atoms with Crippen molar-refractivity contribution < 1.29 is 28.0 Å². The molecule has 1 unspecified atom stereocenters. The second-order valence-corrected chi connectivity index (χ2v) is 14.7. The fraction of sp³-hybridized carbons (Fsp3) is 0.240. The molecular weight excluding hydrogens is 544 g/mol. The van der Waals surface area contributed by atoms with Gasteiger partial charge in [-0.25, -0.2) is 13.2 Å². The lowest BCUT2D eigenvalue weighted by Crippen LogP contribution is -2.31. The number of hydrogen-bond acceptors (Lipinski definition) is 6. The number of benzene rings is 3. The predicted molar refractivity (Wildman–Crippen MR) is 145 cm³/mol. The van der Waals surface area contributed by atoms with E-state index in [1.165, 1.54) is 24.3 Å². The molecule has 0 heterocycles. The van der Waals surface area contributed by atoms with Crippen LogP contribution >= 0.6 is 30.3 Å². The zero-order chi connectivity index (χ0) is 26.7.